The fourth-order valence-corrected chi connectivity index (χ4v) is 8.63. The number of hydrogen-bond donors (Lipinski definition) is 1. The Balaban J connectivity index is 2.08. The number of halogens is 1. The van der Waals surface area contributed by atoms with Gasteiger partial charge in [-0.15, -0.1) is 0 Å². The number of aliphatic hydroxyl groups is 1. The van der Waals surface area contributed by atoms with Gasteiger partial charge in [-0.2, -0.15) is 0 Å². The van der Waals surface area contributed by atoms with Crippen LogP contribution in [-0.4, -0.2) is 102 Å². The van der Waals surface area contributed by atoms with Gasteiger partial charge < -0.3 is 29.1 Å². The maximum absolute atomic E-state index is 16.6. The Morgan fingerprint density at radius 2 is 1.68 bits per heavy atom. The van der Waals surface area contributed by atoms with Gasteiger partial charge in [-0.3, -0.25) is 9.59 Å². The van der Waals surface area contributed by atoms with Crippen molar-refractivity contribution >= 4 is 17.7 Å². The molecule has 1 amide bonds. The molecular weight excluding hydrogens is 603 g/mol. The average Bonchev–Trinajstić information content (AvgIpc) is 3.26. The van der Waals surface area contributed by atoms with Gasteiger partial charge >= 0.3 is 5.97 Å². The molecule has 0 saturated carbocycles. The number of aliphatic hydroxyl groups excluding tert-OH is 1. The minimum Gasteiger partial charge on any atom is -0.459 e. The number of ether oxygens (including phenoxy) is 3. The SMILES string of the molecule is C=C1[C@H](C)CC(C)[C@H](OC2OC(C)CC(N(C)C)C2O)C(C)C(=O)C(C)(F)C(=O)OC(CC)[C@@]2(C)CC(=O)N(CCCCC)[C@@H]2[C@H]1C. The zero-order valence-corrected chi connectivity index (χ0v) is 30.9. The minimum atomic E-state index is -2.96. The predicted octanol–water partition coefficient (Wildman–Crippen LogP) is 5.72. The third-order valence-electron chi connectivity index (χ3n) is 11.5. The second kappa shape index (κ2) is 15.8. The van der Waals surface area contributed by atoms with Gasteiger partial charge in [0.2, 0.25) is 5.91 Å². The number of hydrogen-bond acceptors (Lipinski definition) is 8. The van der Waals surface area contributed by atoms with Crippen LogP contribution in [0.25, 0.3) is 0 Å². The quantitative estimate of drug-likeness (QED) is 0.152. The van der Waals surface area contributed by atoms with Crippen LogP contribution in [0.3, 0.4) is 0 Å². The fourth-order valence-electron chi connectivity index (χ4n) is 8.63. The number of esters is 1. The highest BCUT2D eigenvalue weighted by atomic mass is 19.1. The second-order valence-corrected chi connectivity index (χ2v) is 15.5. The molecule has 1 N–H and O–H groups in total. The molecule has 3 rings (SSSR count). The first-order chi connectivity index (χ1) is 21.8. The normalized spacial score (nSPS) is 42.8. The van der Waals surface area contributed by atoms with E-state index in [4.69, 9.17) is 14.2 Å². The van der Waals surface area contributed by atoms with E-state index >= 15 is 4.39 Å². The van der Waals surface area contributed by atoms with E-state index in [1.165, 1.54) is 0 Å². The average molecular weight is 667 g/mol. The number of Topliss-reactive ketones (excluding diaryl/α,β-unsaturated/α-hetero) is 1. The highest BCUT2D eigenvalue weighted by Crippen LogP contribution is 2.49. The van der Waals surface area contributed by atoms with Gasteiger partial charge in [0.1, 0.15) is 12.2 Å². The smallest absolute Gasteiger partial charge is 0.351 e. The van der Waals surface area contributed by atoms with Gasteiger partial charge in [-0.25, -0.2) is 9.18 Å². The summed E-state index contributed by atoms with van der Waals surface area (Å²) in [6, 6.07) is -0.556. The lowest BCUT2D eigenvalue weighted by Gasteiger charge is -2.46. The van der Waals surface area contributed by atoms with Crippen LogP contribution in [-0.2, 0) is 28.6 Å². The van der Waals surface area contributed by atoms with E-state index in [2.05, 4.69) is 27.4 Å². The number of rotatable bonds is 8. The van der Waals surface area contributed by atoms with Crippen LogP contribution in [0.1, 0.15) is 107 Å². The lowest BCUT2D eigenvalue weighted by atomic mass is 9.68. The van der Waals surface area contributed by atoms with Crippen molar-refractivity contribution in [2.45, 2.75) is 156 Å². The van der Waals surface area contributed by atoms with Crippen molar-refractivity contribution in [2.75, 3.05) is 20.6 Å². The van der Waals surface area contributed by atoms with E-state index in [0.717, 1.165) is 31.8 Å². The number of ketones is 1. The van der Waals surface area contributed by atoms with Crippen molar-refractivity contribution in [1.82, 2.24) is 9.80 Å². The Labute approximate surface area is 282 Å². The molecule has 3 heterocycles. The number of carbonyl (C=O) groups excluding carboxylic acids is 3. The third kappa shape index (κ3) is 8.13. The Morgan fingerprint density at radius 3 is 2.26 bits per heavy atom. The number of carbonyl (C=O) groups is 3. The van der Waals surface area contributed by atoms with Gasteiger partial charge in [0, 0.05) is 36.4 Å². The highest BCUT2D eigenvalue weighted by Gasteiger charge is 2.58. The molecule has 3 saturated heterocycles. The number of likely N-dealkylation sites (tertiary alicyclic amines) is 1. The Bertz CT molecular complexity index is 1130. The second-order valence-electron chi connectivity index (χ2n) is 15.5. The van der Waals surface area contributed by atoms with Crippen LogP contribution in [0, 0.1) is 29.1 Å². The van der Waals surface area contributed by atoms with Gasteiger partial charge in [0.05, 0.1) is 12.2 Å². The van der Waals surface area contributed by atoms with Crippen molar-refractivity contribution in [3.63, 3.8) is 0 Å². The molecule has 0 spiro atoms. The summed E-state index contributed by atoms with van der Waals surface area (Å²) in [5.41, 5.74) is -2.81. The standard InChI is InChI=1S/C37H63FN2O7/c1-13-15-16-17-40-29(41)20-36(9)28(14-2)46-35(44)37(10,38)33(43)26(8)31(22(4)18-21(3)24(6)25(7)32(36)40)47-34-30(42)27(39(11)12)19-23(5)45-34/h21-23,25-28,30-32,34,42H,6,13-20H2,1-5,7-12H3/t21-,22?,23?,25+,26?,27?,28?,30?,31+,32-,34?,36-,37?/m1/s1. The molecule has 270 valence electrons. The maximum atomic E-state index is 16.6. The Hall–Kier alpha value is -1.88. The molecule has 0 radical (unpaired) electrons. The number of nitrogens with zero attached hydrogens (tertiary/aromatic N) is 2. The molecule has 0 aromatic rings. The summed E-state index contributed by atoms with van der Waals surface area (Å²) in [4.78, 5) is 45.2. The molecule has 9 nitrogen and oxygen atoms in total. The highest BCUT2D eigenvalue weighted by molar-refractivity contribution is 6.07. The van der Waals surface area contributed by atoms with E-state index < -0.39 is 53.4 Å². The molecule has 0 aliphatic carbocycles. The molecule has 3 aliphatic rings. The van der Waals surface area contributed by atoms with Crippen molar-refractivity contribution in [2.24, 2.45) is 29.1 Å². The fraction of sp³-hybridized carbons (Fsp3) is 0.865. The molecule has 0 aromatic carbocycles. The van der Waals surface area contributed by atoms with E-state index in [-0.39, 0.29) is 48.3 Å². The van der Waals surface area contributed by atoms with Crippen molar-refractivity contribution in [3.8, 4) is 0 Å². The Morgan fingerprint density at radius 1 is 1.04 bits per heavy atom. The first-order valence-corrected chi connectivity index (χ1v) is 17.9. The minimum absolute atomic E-state index is 0.00874. The van der Waals surface area contributed by atoms with Crippen LogP contribution in [0.5, 0.6) is 0 Å². The monoisotopic (exact) mass is 666 g/mol. The molecular formula is C37H63FN2O7. The zero-order valence-electron chi connectivity index (χ0n) is 30.9. The molecule has 13 atom stereocenters. The van der Waals surface area contributed by atoms with E-state index in [1.807, 2.05) is 51.6 Å². The summed E-state index contributed by atoms with van der Waals surface area (Å²) in [6.07, 6.45) is 0.586. The first-order valence-electron chi connectivity index (χ1n) is 17.9. The third-order valence-corrected chi connectivity index (χ3v) is 11.5. The van der Waals surface area contributed by atoms with Gasteiger partial charge in [0.15, 0.2) is 12.1 Å². The molecule has 3 aliphatic heterocycles. The number of amides is 1. The van der Waals surface area contributed by atoms with E-state index in [9.17, 15) is 19.5 Å². The summed E-state index contributed by atoms with van der Waals surface area (Å²) in [7, 11) is 3.76. The molecule has 3 fully saturated rings. The molecule has 0 bridgehead atoms. The molecule has 8 unspecified atom stereocenters. The van der Waals surface area contributed by atoms with E-state index in [1.54, 1.807) is 6.92 Å². The first kappa shape index (κ1) is 39.6. The predicted molar refractivity (Wildman–Crippen MR) is 180 cm³/mol. The van der Waals surface area contributed by atoms with Crippen LogP contribution in [0.15, 0.2) is 12.2 Å². The van der Waals surface area contributed by atoms with Crippen LogP contribution in [0.4, 0.5) is 4.39 Å². The topological polar surface area (TPSA) is 106 Å². The summed E-state index contributed by atoms with van der Waals surface area (Å²) in [5, 5.41) is 11.3. The Kier molecular flexibility index (Phi) is 13.3. The molecule has 47 heavy (non-hydrogen) atoms. The maximum Gasteiger partial charge on any atom is 0.351 e. The summed E-state index contributed by atoms with van der Waals surface area (Å²) >= 11 is 0. The summed E-state index contributed by atoms with van der Waals surface area (Å²) in [6.45, 7) is 21.7. The van der Waals surface area contributed by atoms with E-state index in [0.29, 0.717) is 25.8 Å². The van der Waals surface area contributed by atoms with Crippen LogP contribution >= 0.6 is 0 Å². The van der Waals surface area contributed by atoms with Crippen molar-refractivity contribution < 1.29 is 38.1 Å². The van der Waals surface area contributed by atoms with Gasteiger partial charge in [-0.05, 0) is 71.4 Å². The zero-order chi connectivity index (χ0) is 35.6. The van der Waals surface area contributed by atoms with Gasteiger partial charge in [0.25, 0.3) is 5.67 Å². The molecule has 10 heteroatoms. The van der Waals surface area contributed by atoms with Gasteiger partial charge in [-0.1, -0.05) is 73.5 Å². The van der Waals surface area contributed by atoms with Crippen molar-refractivity contribution in [3.05, 3.63) is 12.2 Å². The number of fused-ring (bicyclic) bond motifs is 1. The number of cyclic esters (lactones) is 1. The number of likely N-dealkylation sites (N-methyl/N-ethyl adjacent to an activating group) is 1. The van der Waals surface area contributed by atoms with Crippen molar-refractivity contribution in [1.29, 1.82) is 0 Å². The van der Waals surface area contributed by atoms with Crippen LogP contribution in [0.2, 0.25) is 0 Å². The lowest BCUT2D eigenvalue weighted by Crippen LogP contribution is -2.57. The number of alkyl halides is 1. The summed E-state index contributed by atoms with van der Waals surface area (Å²) in [5.74, 6) is -3.77. The molecule has 0 aromatic heterocycles. The number of unbranched alkanes of at least 4 members (excludes halogenated alkanes) is 2. The largest absolute Gasteiger partial charge is 0.459 e. The van der Waals surface area contributed by atoms with Crippen LogP contribution < -0.4 is 0 Å². The summed E-state index contributed by atoms with van der Waals surface area (Å²) < 4.78 is 35.1. The lowest BCUT2D eigenvalue weighted by molar-refractivity contribution is -0.278.